The normalized spacial score (nSPS) is 14.0. The van der Waals surface area contributed by atoms with Crippen molar-refractivity contribution in [3.05, 3.63) is 48.0 Å². The van der Waals surface area contributed by atoms with Gasteiger partial charge in [0.2, 0.25) is 5.91 Å². The zero-order valence-electron chi connectivity index (χ0n) is 12.5. The fraction of sp³-hybridized carbons (Fsp3) is 0.188. The van der Waals surface area contributed by atoms with E-state index in [-0.39, 0.29) is 10.8 Å². The molecule has 1 aliphatic heterocycles. The summed E-state index contributed by atoms with van der Waals surface area (Å²) in [5, 5.41) is 2.73. The molecule has 3 rings (SSSR count). The average Bonchev–Trinajstić information content (AvgIpc) is 2.54. The Morgan fingerprint density at radius 1 is 1.17 bits per heavy atom. The van der Waals surface area contributed by atoms with Gasteiger partial charge in [-0.05, 0) is 42.3 Å². The lowest BCUT2D eigenvalue weighted by Crippen LogP contribution is -2.19. The Morgan fingerprint density at radius 2 is 1.91 bits per heavy atom. The monoisotopic (exact) mass is 348 g/mol. The highest BCUT2D eigenvalue weighted by atomic mass is 32.2. The van der Waals surface area contributed by atoms with Crippen LogP contribution in [0, 0.1) is 0 Å². The number of anilines is 2. The number of aryl methyl sites for hydroxylation is 1. The summed E-state index contributed by atoms with van der Waals surface area (Å²) in [5.41, 5.74) is 2.33. The number of amides is 1. The zero-order chi connectivity index (χ0) is 16.4. The molecule has 23 heavy (non-hydrogen) atoms. The van der Waals surface area contributed by atoms with Crippen molar-refractivity contribution >= 4 is 39.1 Å². The van der Waals surface area contributed by atoms with Crippen molar-refractivity contribution in [3.63, 3.8) is 0 Å². The topological polar surface area (TPSA) is 75.3 Å². The summed E-state index contributed by atoms with van der Waals surface area (Å²) in [6.07, 6.45) is 0.904. The van der Waals surface area contributed by atoms with Crippen molar-refractivity contribution < 1.29 is 13.2 Å². The van der Waals surface area contributed by atoms with Gasteiger partial charge >= 0.3 is 0 Å². The SMILES string of the molecule is CCc1ccc(NS(=O)(=O)c2ccc3c(c2)SCC(=O)N3)cc1. The predicted octanol–water partition coefficient (Wildman–Crippen LogP) is 3.09. The van der Waals surface area contributed by atoms with Crippen LogP contribution in [0.1, 0.15) is 12.5 Å². The Morgan fingerprint density at radius 3 is 2.61 bits per heavy atom. The van der Waals surface area contributed by atoms with E-state index in [0.717, 1.165) is 16.9 Å². The molecule has 0 saturated heterocycles. The van der Waals surface area contributed by atoms with Gasteiger partial charge in [0.25, 0.3) is 10.0 Å². The molecule has 2 aromatic rings. The molecule has 2 N–H and O–H groups in total. The molecule has 0 aliphatic carbocycles. The van der Waals surface area contributed by atoms with Gasteiger partial charge < -0.3 is 5.32 Å². The number of carbonyl (C=O) groups is 1. The van der Waals surface area contributed by atoms with E-state index in [2.05, 4.69) is 10.0 Å². The lowest BCUT2D eigenvalue weighted by molar-refractivity contribution is -0.113. The minimum Gasteiger partial charge on any atom is -0.324 e. The predicted molar refractivity (Wildman–Crippen MR) is 92.4 cm³/mol. The van der Waals surface area contributed by atoms with Crippen LogP contribution in [0.4, 0.5) is 11.4 Å². The highest BCUT2D eigenvalue weighted by Gasteiger charge is 2.20. The average molecular weight is 348 g/mol. The summed E-state index contributed by atoms with van der Waals surface area (Å²) in [5.74, 6) is 0.217. The Hall–Kier alpha value is -1.99. The summed E-state index contributed by atoms with van der Waals surface area (Å²) >= 11 is 1.33. The van der Waals surface area contributed by atoms with Crippen LogP contribution in [-0.2, 0) is 21.2 Å². The second kappa shape index (κ2) is 6.25. The maximum absolute atomic E-state index is 12.5. The lowest BCUT2D eigenvalue weighted by Gasteiger charge is -2.17. The van der Waals surface area contributed by atoms with Crippen LogP contribution in [0.5, 0.6) is 0 Å². The van der Waals surface area contributed by atoms with Gasteiger partial charge in [0, 0.05) is 10.6 Å². The fourth-order valence-electron chi connectivity index (χ4n) is 2.24. The van der Waals surface area contributed by atoms with Gasteiger partial charge in [0.05, 0.1) is 16.3 Å². The van der Waals surface area contributed by atoms with Crippen LogP contribution < -0.4 is 10.0 Å². The van der Waals surface area contributed by atoms with E-state index in [4.69, 9.17) is 0 Å². The molecule has 0 atom stereocenters. The molecule has 0 unspecified atom stereocenters. The van der Waals surface area contributed by atoms with Gasteiger partial charge in [-0.25, -0.2) is 8.42 Å². The molecular formula is C16H16N2O3S2. The summed E-state index contributed by atoms with van der Waals surface area (Å²) in [7, 11) is -3.66. The molecule has 1 aliphatic rings. The number of nitrogens with one attached hydrogen (secondary N) is 2. The van der Waals surface area contributed by atoms with E-state index in [1.54, 1.807) is 24.3 Å². The van der Waals surface area contributed by atoms with Crippen LogP contribution in [-0.4, -0.2) is 20.1 Å². The highest BCUT2D eigenvalue weighted by Crippen LogP contribution is 2.33. The van der Waals surface area contributed by atoms with Gasteiger partial charge in [-0.3, -0.25) is 9.52 Å². The standard InChI is InChI=1S/C16H16N2O3S2/c1-2-11-3-5-12(6-4-11)18-23(20,21)13-7-8-14-15(9-13)22-10-16(19)17-14/h3-9,18H,2,10H2,1H3,(H,17,19). The second-order valence-electron chi connectivity index (χ2n) is 5.15. The van der Waals surface area contributed by atoms with E-state index in [9.17, 15) is 13.2 Å². The number of hydrogen-bond acceptors (Lipinski definition) is 4. The molecule has 1 amide bonds. The molecule has 7 heteroatoms. The highest BCUT2D eigenvalue weighted by molar-refractivity contribution is 8.00. The molecule has 0 fully saturated rings. The van der Waals surface area contributed by atoms with Gasteiger partial charge in [0.15, 0.2) is 0 Å². The van der Waals surface area contributed by atoms with E-state index in [1.807, 2.05) is 19.1 Å². The number of fused-ring (bicyclic) bond motifs is 1. The molecule has 0 saturated carbocycles. The molecule has 0 radical (unpaired) electrons. The molecule has 5 nitrogen and oxygen atoms in total. The van der Waals surface area contributed by atoms with Crippen LogP contribution in [0.15, 0.2) is 52.3 Å². The van der Waals surface area contributed by atoms with Crippen molar-refractivity contribution in [3.8, 4) is 0 Å². The third-order valence-electron chi connectivity index (χ3n) is 3.51. The first-order valence-electron chi connectivity index (χ1n) is 7.16. The van der Waals surface area contributed by atoms with Crippen molar-refractivity contribution in [1.82, 2.24) is 0 Å². The first kappa shape index (κ1) is 15.9. The molecule has 0 aromatic heterocycles. The van der Waals surface area contributed by atoms with E-state index in [1.165, 1.54) is 17.8 Å². The number of benzene rings is 2. The molecule has 120 valence electrons. The van der Waals surface area contributed by atoms with Crippen molar-refractivity contribution in [1.29, 1.82) is 0 Å². The summed E-state index contributed by atoms with van der Waals surface area (Å²) in [6, 6.07) is 12.0. The Kier molecular flexibility index (Phi) is 4.32. The fourth-order valence-corrected chi connectivity index (χ4v) is 4.25. The summed E-state index contributed by atoms with van der Waals surface area (Å²) in [4.78, 5) is 12.3. The number of thioether (sulfide) groups is 1. The lowest BCUT2D eigenvalue weighted by atomic mass is 10.2. The first-order valence-corrected chi connectivity index (χ1v) is 9.63. The molecule has 0 bridgehead atoms. The largest absolute Gasteiger partial charge is 0.324 e. The number of sulfonamides is 1. The molecular weight excluding hydrogens is 332 g/mol. The third-order valence-corrected chi connectivity index (χ3v) is 5.94. The van der Waals surface area contributed by atoms with Crippen LogP contribution in [0.25, 0.3) is 0 Å². The molecule has 1 heterocycles. The third kappa shape index (κ3) is 3.51. The quantitative estimate of drug-likeness (QED) is 0.890. The molecule has 0 spiro atoms. The van der Waals surface area contributed by atoms with Crippen molar-refractivity contribution in [2.24, 2.45) is 0 Å². The molecule has 2 aromatic carbocycles. The minimum atomic E-state index is -3.66. The van der Waals surface area contributed by atoms with Crippen molar-refractivity contribution in [2.45, 2.75) is 23.1 Å². The van der Waals surface area contributed by atoms with Crippen LogP contribution in [0.3, 0.4) is 0 Å². The minimum absolute atomic E-state index is 0.0766. The van der Waals surface area contributed by atoms with Gasteiger partial charge in [-0.2, -0.15) is 0 Å². The van der Waals surface area contributed by atoms with Crippen LogP contribution >= 0.6 is 11.8 Å². The number of hydrogen-bond donors (Lipinski definition) is 2. The van der Waals surface area contributed by atoms with E-state index >= 15 is 0 Å². The first-order chi connectivity index (χ1) is 11.0. The number of carbonyl (C=O) groups excluding carboxylic acids is 1. The Bertz CT molecular complexity index is 846. The Labute approximate surface area is 139 Å². The van der Waals surface area contributed by atoms with Gasteiger partial charge in [-0.1, -0.05) is 19.1 Å². The summed E-state index contributed by atoms with van der Waals surface area (Å²) < 4.78 is 27.6. The zero-order valence-corrected chi connectivity index (χ0v) is 14.1. The maximum atomic E-state index is 12.5. The second-order valence-corrected chi connectivity index (χ2v) is 7.85. The van der Waals surface area contributed by atoms with Gasteiger partial charge in [-0.15, -0.1) is 11.8 Å². The maximum Gasteiger partial charge on any atom is 0.261 e. The number of rotatable bonds is 4. The summed E-state index contributed by atoms with van der Waals surface area (Å²) in [6.45, 7) is 2.04. The van der Waals surface area contributed by atoms with Crippen molar-refractivity contribution in [2.75, 3.05) is 15.8 Å². The smallest absolute Gasteiger partial charge is 0.261 e. The van der Waals surface area contributed by atoms with Crippen LogP contribution in [0.2, 0.25) is 0 Å². The van der Waals surface area contributed by atoms with Gasteiger partial charge in [0.1, 0.15) is 0 Å². The van der Waals surface area contributed by atoms with E-state index < -0.39 is 10.0 Å². The van der Waals surface area contributed by atoms with E-state index in [0.29, 0.717) is 17.1 Å². The Balaban J connectivity index is 1.85.